The molecule has 0 atom stereocenters. The van der Waals surface area contributed by atoms with Gasteiger partial charge in [0.05, 0.1) is 13.2 Å². The molecule has 5 heteroatoms. The Bertz CT molecular complexity index is 787. The molecule has 28 heavy (non-hydrogen) atoms. The molecule has 1 aromatic carbocycles. The Hall–Kier alpha value is -2.11. The van der Waals surface area contributed by atoms with Crippen LogP contribution in [0.2, 0.25) is 0 Å². The van der Waals surface area contributed by atoms with Gasteiger partial charge in [0, 0.05) is 44.0 Å². The molecule has 1 fully saturated rings. The Labute approximate surface area is 167 Å². The van der Waals surface area contributed by atoms with Gasteiger partial charge in [0.1, 0.15) is 0 Å². The van der Waals surface area contributed by atoms with Crippen molar-refractivity contribution in [3.05, 3.63) is 47.2 Å². The van der Waals surface area contributed by atoms with Crippen molar-refractivity contribution in [2.24, 2.45) is 0 Å². The van der Waals surface area contributed by atoms with E-state index in [2.05, 4.69) is 60.6 Å². The zero-order chi connectivity index (χ0) is 20.1. The van der Waals surface area contributed by atoms with Gasteiger partial charge in [-0.3, -0.25) is 9.69 Å². The van der Waals surface area contributed by atoms with Gasteiger partial charge in [-0.1, -0.05) is 38.1 Å². The summed E-state index contributed by atoms with van der Waals surface area (Å²) in [6.45, 7) is 11.7. The first-order chi connectivity index (χ1) is 13.5. The Kier molecular flexibility index (Phi) is 6.92. The summed E-state index contributed by atoms with van der Waals surface area (Å²) in [5, 5.41) is 9.02. The maximum atomic E-state index is 11.0. The SMILES string of the molecule is Cc1c(CN2CCOCC2)cc(-c2ccc(C(C)C)cc2)n1CCCC(=O)O. The summed E-state index contributed by atoms with van der Waals surface area (Å²) in [5.41, 5.74) is 6.26. The monoisotopic (exact) mass is 384 g/mol. The van der Waals surface area contributed by atoms with Crippen molar-refractivity contribution in [2.75, 3.05) is 26.3 Å². The summed E-state index contributed by atoms with van der Waals surface area (Å²) < 4.78 is 7.76. The van der Waals surface area contributed by atoms with E-state index in [1.54, 1.807) is 0 Å². The van der Waals surface area contributed by atoms with Crippen LogP contribution in [0.5, 0.6) is 0 Å². The first kappa shape index (κ1) is 20.6. The minimum atomic E-state index is -0.735. The number of carboxylic acid groups (broad SMARTS) is 1. The summed E-state index contributed by atoms with van der Waals surface area (Å²) in [6.07, 6.45) is 0.834. The van der Waals surface area contributed by atoms with E-state index in [0.717, 1.165) is 39.4 Å². The molecule has 1 N–H and O–H groups in total. The van der Waals surface area contributed by atoms with Gasteiger partial charge in [-0.15, -0.1) is 0 Å². The van der Waals surface area contributed by atoms with Crippen LogP contribution in [0.1, 0.15) is 49.4 Å². The van der Waals surface area contributed by atoms with Crippen LogP contribution in [0, 0.1) is 6.92 Å². The smallest absolute Gasteiger partial charge is 0.303 e. The molecule has 0 radical (unpaired) electrons. The van der Waals surface area contributed by atoms with E-state index in [0.29, 0.717) is 12.3 Å². The second kappa shape index (κ2) is 9.39. The number of ether oxygens (including phenoxy) is 1. The van der Waals surface area contributed by atoms with Crippen molar-refractivity contribution in [3.8, 4) is 11.3 Å². The lowest BCUT2D eigenvalue weighted by Crippen LogP contribution is -2.35. The normalized spacial score (nSPS) is 15.3. The van der Waals surface area contributed by atoms with Crippen LogP contribution in [0.4, 0.5) is 0 Å². The topological polar surface area (TPSA) is 54.7 Å². The van der Waals surface area contributed by atoms with Crippen LogP contribution in [0.3, 0.4) is 0 Å². The Morgan fingerprint density at radius 1 is 1.18 bits per heavy atom. The highest BCUT2D eigenvalue weighted by molar-refractivity contribution is 5.66. The van der Waals surface area contributed by atoms with Crippen molar-refractivity contribution in [1.29, 1.82) is 0 Å². The molecule has 0 amide bonds. The van der Waals surface area contributed by atoms with Gasteiger partial charge >= 0.3 is 5.97 Å². The van der Waals surface area contributed by atoms with E-state index in [1.807, 2.05) is 0 Å². The fraction of sp³-hybridized carbons (Fsp3) is 0.522. The maximum absolute atomic E-state index is 11.0. The number of hydrogen-bond donors (Lipinski definition) is 1. The number of carboxylic acids is 1. The fourth-order valence-electron chi connectivity index (χ4n) is 3.82. The molecule has 3 rings (SSSR count). The molecule has 1 aliphatic heterocycles. The van der Waals surface area contributed by atoms with Gasteiger partial charge in [0.2, 0.25) is 0 Å². The summed E-state index contributed by atoms with van der Waals surface area (Å²) in [5.74, 6) is -0.226. The van der Waals surface area contributed by atoms with Crippen LogP contribution >= 0.6 is 0 Å². The number of carbonyl (C=O) groups is 1. The molecule has 1 saturated heterocycles. The number of aromatic nitrogens is 1. The summed E-state index contributed by atoms with van der Waals surface area (Å²) in [4.78, 5) is 13.4. The summed E-state index contributed by atoms with van der Waals surface area (Å²) >= 11 is 0. The maximum Gasteiger partial charge on any atom is 0.303 e. The van der Waals surface area contributed by atoms with E-state index in [9.17, 15) is 4.79 Å². The number of rotatable bonds is 8. The third-order valence-corrected chi connectivity index (χ3v) is 5.61. The van der Waals surface area contributed by atoms with Gasteiger partial charge < -0.3 is 14.4 Å². The zero-order valence-corrected chi connectivity index (χ0v) is 17.3. The van der Waals surface area contributed by atoms with Gasteiger partial charge in [-0.2, -0.15) is 0 Å². The highest BCUT2D eigenvalue weighted by Gasteiger charge is 2.18. The quantitative estimate of drug-likeness (QED) is 0.738. The van der Waals surface area contributed by atoms with Gasteiger partial charge in [-0.25, -0.2) is 0 Å². The van der Waals surface area contributed by atoms with Crippen LogP contribution in [-0.2, 0) is 22.6 Å². The molecule has 0 spiro atoms. The van der Waals surface area contributed by atoms with Crippen molar-refractivity contribution < 1.29 is 14.6 Å². The predicted octanol–water partition coefficient (Wildman–Crippen LogP) is 4.28. The van der Waals surface area contributed by atoms with Crippen LogP contribution in [0.15, 0.2) is 30.3 Å². The zero-order valence-electron chi connectivity index (χ0n) is 17.3. The standard InChI is InChI=1S/C23H32N2O3/c1-17(2)19-6-8-20(9-7-19)22-15-21(16-24-11-13-28-14-12-24)18(3)25(22)10-4-5-23(26)27/h6-9,15,17H,4-5,10-14,16H2,1-3H3,(H,26,27). The molecule has 2 heterocycles. The lowest BCUT2D eigenvalue weighted by atomic mass is 10.0. The number of nitrogens with zero attached hydrogens (tertiary/aromatic N) is 2. The molecule has 2 aromatic rings. The number of morpholine rings is 1. The van der Waals surface area contributed by atoms with Crippen LogP contribution in [0.25, 0.3) is 11.3 Å². The highest BCUT2D eigenvalue weighted by atomic mass is 16.5. The summed E-state index contributed by atoms with van der Waals surface area (Å²) in [7, 11) is 0. The van der Waals surface area contributed by atoms with E-state index < -0.39 is 5.97 Å². The summed E-state index contributed by atoms with van der Waals surface area (Å²) in [6, 6.07) is 11.1. The van der Waals surface area contributed by atoms with E-state index >= 15 is 0 Å². The lowest BCUT2D eigenvalue weighted by molar-refractivity contribution is -0.137. The van der Waals surface area contributed by atoms with Crippen molar-refractivity contribution in [1.82, 2.24) is 9.47 Å². The molecule has 0 bridgehead atoms. The number of aliphatic carboxylic acids is 1. The second-order valence-electron chi connectivity index (χ2n) is 7.95. The van der Waals surface area contributed by atoms with Crippen LogP contribution < -0.4 is 0 Å². The fourth-order valence-corrected chi connectivity index (χ4v) is 3.82. The molecule has 0 aliphatic carbocycles. The highest BCUT2D eigenvalue weighted by Crippen LogP contribution is 2.29. The minimum Gasteiger partial charge on any atom is -0.481 e. The van der Waals surface area contributed by atoms with E-state index in [-0.39, 0.29) is 6.42 Å². The number of hydrogen-bond acceptors (Lipinski definition) is 3. The molecule has 0 unspecified atom stereocenters. The third kappa shape index (κ3) is 5.03. The van der Waals surface area contributed by atoms with Crippen molar-refractivity contribution in [3.63, 3.8) is 0 Å². The molecular formula is C23H32N2O3. The van der Waals surface area contributed by atoms with Crippen molar-refractivity contribution in [2.45, 2.75) is 52.6 Å². The average Bonchev–Trinajstić information content (AvgIpc) is 2.98. The Morgan fingerprint density at radius 2 is 1.86 bits per heavy atom. The van der Waals surface area contributed by atoms with Crippen molar-refractivity contribution >= 4 is 5.97 Å². The minimum absolute atomic E-state index is 0.197. The Morgan fingerprint density at radius 3 is 2.46 bits per heavy atom. The number of benzene rings is 1. The second-order valence-corrected chi connectivity index (χ2v) is 7.95. The van der Waals surface area contributed by atoms with Gasteiger partial charge in [-0.05, 0) is 42.0 Å². The average molecular weight is 385 g/mol. The molecule has 1 aliphatic rings. The molecule has 152 valence electrons. The third-order valence-electron chi connectivity index (χ3n) is 5.61. The Balaban J connectivity index is 1.88. The van der Waals surface area contributed by atoms with E-state index in [4.69, 9.17) is 9.84 Å². The van der Waals surface area contributed by atoms with Gasteiger partial charge in [0.25, 0.3) is 0 Å². The van der Waals surface area contributed by atoms with E-state index in [1.165, 1.54) is 28.1 Å². The molecule has 1 aromatic heterocycles. The van der Waals surface area contributed by atoms with Gasteiger partial charge in [0.15, 0.2) is 0 Å². The predicted molar refractivity (Wildman–Crippen MR) is 112 cm³/mol. The first-order valence-electron chi connectivity index (χ1n) is 10.3. The first-order valence-corrected chi connectivity index (χ1v) is 10.3. The van der Waals surface area contributed by atoms with Crippen LogP contribution in [-0.4, -0.2) is 46.8 Å². The molecule has 0 saturated carbocycles. The lowest BCUT2D eigenvalue weighted by Gasteiger charge is -2.26. The molecular weight excluding hydrogens is 352 g/mol. The largest absolute Gasteiger partial charge is 0.481 e. The molecule has 5 nitrogen and oxygen atoms in total.